The predicted molar refractivity (Wildman–Crippen MR) is 53.2 cm³/mol. The molecule has 1 heteroatoms. The van der Waals surface area contributed by atoms with Gasteiger partial charge in [-0.05, 0) is 37.5 Å². The van der Waals surface area contributed by atoms with E-state index in [2.05, 4.69) is 6.92 Å². The molecule has 0 aromatic heterocycles. The zero-order chi connectivity index (χ0) is 9.26. The molecule has 2 aliphatic carbocycles. The van der Waals surface area contributed by atoms with Crippen LogP contribution in [0.1, 0.15) is 51.9 Å². The second kappa shape index (κ2) is 3.81. The molecular formula is C12H19O. The standard InChI is InChI=1S/C12H19O/c1-9-5-4-8-12(13)11-7-3-2-6-10(9)11/h10-11H,2-8H2,1H3. The summed E-state index contributed by atoms with van der Waals surface area (Å²) in [5.41, 5.74) is 0. The van der Waals surface area contributed by atoms with Crippen LogP contribution in [0, 0.1) is 17.8 Å². The Hall–Kier alpha value is -0.330. The minimum Gasteiger partial charge on any atom is -0.299 e. The number of carbonyl (C=O) groups excluding carboxylic acids is 1. The van der Waals surface area contributed by atoms with Gasteiger partial charge in [0.1, 0.15) is 5.78 Å². The Morgan fingerprint density at radius 1 is 1.00 bits per heavy atom. The molecule has 2 rings (SSSR count). The van der Waals surface area contributed by atoms with E-state index in [9.17, 15) is 4.79 Å². The van der Waals surface area contributed by atoms with Gasteiger partial charge in [0.05, 0.1) is 0 Å². The normalized spacial score (nSPS) is 36.8. The molecule has 0 bridgehead atoms. The van der Waals surface area contributed by atoms with Gasteiger partial charge in [-0.25, -0.2) is 0 Å². The maximum atomic E-state index is 11.8. The van der Waals surface area contributed by atoms with E-state index < -0.39 is 0 Å². The van der Waals surface area contributed by atoms with Crippen molar-refractivity contribution in [1.29, 1.82) is 0 Å². The van der Waals surface area contributed by atoms with Gasteiger partial charge < -0.3 is 0 Å². The maximum absolute atomic E-state index is 11.8. The van der Waals surface area contributed by atoms with E-state index in [1.54, 1.807) is 5.92 Å². The number of fused-ring (bicyclic) bond motifs is 1. The predicted octanol–water partition coefficient (Wildman–Crippen LogP) is 3.14. The van der Waals surface area contributed by atoms with E-state index in [0.29, 0.717) is 17.6 Å². The van der Waals surface area contributed by atoms with Crippen LogP contribution < -0.4 is 0 Å². The SMILES string of the molecule is C[C]1CCCC(=O)C2CCCCC12. The minimum absolute atomic E-state index is 0.413. The molecule has 2 fully saturated rings. The molecule has 0 N–H and O–H groups in total. The molecule has 0 aromatic rings. The molecule has 0 amide bonds. The summed E-state index contributed by atoms with van der Waals surface area (Å²) in [5.74, 6) is 3.23. The molecule has 0 aromatic carbocycles. The minimum atomic E-state index is 0.413. The molecule has 2 saturated carbocycles. The van der Waals surface area contributed by atoms with Gasteiger partial charge in [0.25, 0.3) is 0 Å². The molecular weight excluding hydrogens is 160 g/mol. The molecule has 13 heavy (non-hydrogen) atoms. The lowest BCUT2D eigenvalue weighted by Crippen LogP contribution is -2.28. The smallest absolute Gasteiger partial charge is 0.136 e. The summed E-state index contributed by atoms with van der Waals surface area (Å²) in [6.07, 6.45) is 8.22. The zero-order valence-electron chi connectivity index (χ0n) is 8.51. The van der Waals surface area contributed by atoms with Crippen molar-refractivity contribution in [3.63, 3.8) is 0 Å². The fraction of sp³-hybridized carbons (Fsp3) is 0.833. The van der Waals surface area contributed by atoms with Gasteiger partial charge in [-0.3, -0.25) is 4.79 Å². The van der Waals surface area contributed by atoms with Crippen LogP contribution in [0.5, 0.6) is 0 Å². The highest BCUT2D eigenvalue weighted by Crippen LogP contribution is 2.41. The number of hydrogen-bond donors (Lipinski definition) is 0. The Morgan fingerprint density at radius 3 is 2.46 bits per heavy atom. The molecule has 0 aliphatic heterocycles. The van der Waals surface area contributed by atoms with E-state index in [0.717, 1.165) is 12.8 Å². The van der Waals surface area contributed by atoms with Crippen LogP contribution in [0.2, 0.25) is 0 Å². The number of ketones is 1. The fourth-order valence-corrected chi connectivity index (χ4v) is 3.02. The summed E-state index contributed by atoms with van der Waals surface area (Å²) in [4.78, 5) is 11.8. The van der Waals surface area contributed by atoms with Crippen molar-refractivity contribution in [2.45, 2.75) is 51.9 Å². The van der Waals surface area contributed by atoms with Crippen LogP contribution in [0.15, 0.2) is 0 Å². The van der Waals surface area contributed by atoms with E-state index in [1.165, 1.54) is 32.1 Å². The Morgan fingerprint density at radius 2 is 1.69 bits per heavy atom. The van der Waals surface area contributed by atoms with E-state index >= 15 is 0 Å². The van der Waals surface area contributed by atoms with Gasteiger partial charge in [-0.15, -0.1) is 0 Å². The van der Waals surface area contributed by atoms with E-state index in [4.69, 9.17) is 0 Å². The maximum Gasteiger partial charge on any atom is 0.136 e. The van der Waals surface area contributed by atoms with E-state index in [1.807, 2.05) is 0 Å². The Bertz CT molecular complexity index is 197. The number of rotatable bonds is 0. The van der Waals surface area contributed by atoms with Gasteiger partial charge in [-0.1, -0.05) is 19.8 Å². The third-order valence-electron chi connectivity index (χ3n) is 3.81. The number of carbonyl (C=O) groups is 1. The fourth-order valence-electron chi connectivity index (χ4n) is 3.02. The lowest BCUT2D eigenvalue weighted by molar-refractivity contribution is -0.124. The molecule has 1 nitrogen and oxygen atoms in total. The topological polar surface area (TPSA) is 17.1 Å². The summed E-state index contributed by atoms with van der Waals surface area (Å²) in [7, 11) is 0. The second-order valence-corrected chi connectivity index (χ2v) is 4.66. The van der Waals surface area contributed by atoms with Crippen molar-refractivity contribution in [2.24, 2.45) is 11.8 Å². The number of hydrogen-bond acceptors (Lipinski definition) is 1. The van der Waals surface area contributed by atoms with Crippen LogP contribution in [0.25, 0.3) is 0 Å². The van der Waals surface area contributed by atoms with Gasteiger partial charge >= 0.3 is 0 Å². The van der Waals surface area contributed by atoms with Gasteiger partial charge in [0, 0.05) is 12.3 Å². The summed E-state index contributed by atoms with van der Waals surface area (Å²) in [6.45, 7) is 2.27. The van der Waals surface area contributed by atoms with Crippen molar-refractivity contribution >= 4 is 5.78 Å². The first kappa shape index (κ1) is 9.23. The lowest BCUT2D eigenvalue weighted by atomic mass is 9.72. The van der Waals surface area contributed by atoms with Crippen LogP contribution in [-0.4, -0.2) is 5.78 Å². The summed E-state index contributed by atoms with van der Waals surface area (Å²) in [5, 5.41) is 0. The molecule has 0 saturated heterocycles. The molecule has 0 heterocycles. The third-order valence-corrected chi connectivity index (χ3v) is 3.81. The van der Waals surface area contributed by atoms with Crippen molar-refractivity contribution < 1.29 is 4.79 Å². The molecule has 1 radical (unpaired) electrons. The van der Waals surface area contributed by atoms with Crippen LogP contribution >= 0.6 is 0 Å². The largest absolute Gasteiger partial charge is 0.299 e. The van der Waals surface area contributed by atoms with E-state index in [-0.39, 0.29) is 0 Å². The molecule has 73 valence electrons. The number of Topliss-reactive ketones (excluding diaryl/α,β-unsaturated/α-hetero) is 1. The van der Waals surface area contributed by atoms with Crippen LogP contribution in [0.4, 0.5) is 0 Å². The van der Waals surface area contributed by atoms with Gasteiger partial charge in [0.2, 0.25) is 0 Å². The van der Waals surface area contributed by atoms with Crippen LogP contribution in [-0.2, 0) is 4.79 Å². The average molecular weight is 179 g/mol. The highest BCUT2D eigenvalue weighted by atomic mass is 16.1. The average Bonchev–Trinajstić information content (AvgIpc) is 2.29. The molecule has 2 unspecified atom stereocenters. The summed E-state index contributed by atoms with van der Waals surface area (Å²) < 4.78 is 0. The second-order valence-electron chi connectivity index (χ2n) is 4.66. The van der Waals surface area contributed by atoms with Crippen molar-refractivity contribution in [3.8, 4) is 0 Å². The Labute approximate surface area is 80.9 Å². The lowest BCUT2D eigenvalue weighted by Gasteiger charge is -2.32. The first-order valence-corrected chi connectivity index (χ1v) is 5.64. The Balaban J connectivity index is 2.13. The quantitative estimate of drug-likeness (QED) is 0.558. The van der Waals surface area contributed by atoms with Crippen LogP contribution in [0.3, 0.4) is 0 Å². The highest BCUT2D eigenvalue weighted by Gasteiger charge is 2.35. The van der Waals surface area contributed by atoms with Gasteiger partial charge in [0.15, 0.2) is 0 Å². The first-order valence-electron chi connectivity index (χ1n) is 5.64. The van der Waals surface area contributed by atoms with Crippen molar-refractivity contribution in [2.75, 3.05) is 0 Å². The Kier molecular flexibility index (Phi) is 2.71. The first-order chi connectivity index (χ1) is 6.29. The van der Waals surface area contributed by atoms with Gasteiger partial charge in [-0.2, -0.15) is 0 Å². The summed E-state index contributed by atoms with van der Waals surface area (Å²) >= 11 is 0. The highest BCUT2D eigenvalue weighted by molar-refractivity contribution is 5.82. The zero-order valence-corrected chi connectivity index (χ0v) is 8.51. The molecule has 2 aliphatic rings. The van der Waals surface area contributed by atoms with Crippen molar-refractivity contribution in [1.82, 2.24) is 0 Å². The summed E-state index contributed by atoms with van der Waals surface area (Å²) in [6, 6.07) is 0. The molecule has 0 spiro atoms. The van der Waals surface area contributed by atoms with Crippen molar-refractivity contribution in [3.05, 3.63) is 5.92 Å². The molecule has 2 atom stereocenters. The monoisotopic (exact) mass is 179 g/mol. The third kappa shape index (κ3) is 1.79.